The van der Waals surface area contributed by atoms with Gasteiger partial charge in [0.2, 0.25) is 5.90 Å². The number of hydrogen-bond acceptors (Lipinski definition) is 5. The summed E-state index contributed by atoms with van der Waals surface area (Å²) in [5.41, 5.74) is 0.444. The second-order valence-corrected chi connectivity index (χ2v) is 7.03. The lowest BCUT2D eigenvalue weighted by Gasteiger charge is -2.04. The van der Waals surface area contributed by atoms with Crippen LogP contribution in [0.25, 0.3) is 0 Å². The molecular formula is C11H6Cl2N2O3S2. The van der Waals surface area contributed by atoms with Gasteiger partial charge < -0.3 is 4.74 Å². The minimum atomic E-state index is -3.67. The van der Waals surface area contributed by atoms with Gasteiger partial charge in [-0.25, -0.2) is 0 Å². The number of aromatic nitrogens is 1. The van der Waals surface area contributed by atoms with Gasteiger partial charge in [0.05, 0.1) is 15.5 Å². The van der Waals surface area contributed by atoms with Crippen LogP contribution >= 0.6 is 34.7 Å². The Labute approximate surface area is 129 Å². The Kier molecular flexibility index (Phi) is 3.45. The SMILES string of the molecule is O=S1(=O)N=C(OCc2snc(Cl)c2Cl)c2ccccc21. The third-order valence-electron chi connectivity index (χ3n) is 2.60. The summed E-state index contributed by atoms with van der Waals surface area (Å²) in [6, 6.07) is 6.48. The van der Waals surface area contributed by atoms with Gasteiger partial charge in [-0.1, -0.05) is 35.3 Å². The van der Waals surface area contributed by atoms with Gasteiger partial charge in [0, 0.05) is 0 Å². The van der Waals surface area contributed by atoms with Gasteiger partial charge in [-0.05, 0) is 23.7 Å². The molecule has 0 fully saturated rings. The zero-order valence-corrected chi connectivity index (χ0v) is 12.9. The summed E-state index contributed by atoms with van der Waals surface area (Å²) >= 11 is 12.8. The summed E-state index contributed by atoms with van der Waals surface area (Å²) in [5, 5.41) is 0.517. The quantitative estimate of drug-likeness (QED) is 0.835. The number of nitrogens with zero attached hydrogens (tertiary/aromatic N) is 2. The molecule has 1 aliphatic rings. The Morgan fingerprint density at radius 2 is 2.00 bits per heavy atom. The molecule has 2 heterocycles. The molecule has 1 aliphatic heterocycles. The van der Waals surface area contributed by atoms with E-state index in [1.54, 1.807) is 18.2 Å². The molecule has 2 aromatic rings. The Balaban J connectivity index is 1.88. The Bertz CT molecular complexity index is 815. The van der Waals surface area contributed by atoms with E-state index < -0.39 is 10.0 Å². The van der Waals surface area contributed by atoms with Gasteiger partial charge in [-0.15, -0.1) is 4.40 Å². The Morgan fingerprint density at radius 1 is 1.25 bits per heavy atom. The molecule has 0 aliphatic carbocycles. The molecule has 0 saturated heterocycles. The molecule has 104 valence electrons. The zero-order valence-electron chi connectivity index (χ0n) is 9.71. The van der Waals surface area contributed by atoms with Crippen molar-refractivity contribution in [2.24, 2.45) is 4.40 Å². The molecule has 1 aromatic heterocycles. The van der Waals surface area contributed by atoms with Crippen LogP contribution in [0.4, 0.5) is 0 Å². The average molecular weight is 349 g/mol. The van der Waals surface area contributed by atoms with Crippen molar-refractivity contribution >= 4 is 50.7 Å². The zero-order chi connectivity index (χ0) is 14.3. The monoisotopic (exact) mass is 348 g/mol. The predicted octanol–water partition coefficient (Wildman–Crippen LogP) is 3.12. The maximum atomic E-state index is 11.8. The van der Waals surface area contributed by atoms with Crippen LogP contribution in [0.5, 0.6) is 0 Å². The van der Waals surface area contributed by atoms with E-state index in [9.17, 15) is 8.42 Å². The maximum Gasteiger partial charge on any atom is 0.286 e. The van der Waals surface area contributed by atoms with Crippen LogP contribution < -0.4 is 0 Å². The lowest BCUT2D eigenvalue weighted by atomic mass is 10.2. The van der Waals surface area contributed by atoms with E-state index in [1.807, 2.05) is 0 Å². The summed E-state index contributed by atoms with van der Waals surface area (Å²) in [5.74, 6) is 0.0567. The summed E-state index contributed by atoms with van der Waals surface area (Å²) in [6.45, 7) is 0.0614. The average Bonchev–Trinajstić information content (AvgIpc) is 2.88. The van der Waals surface area contributed by atoms with Crippen LogP contribution in [0.15, 0.2) is 33.6 Å². The minimum Gasteiger partial charge on any atom is -0.471 e. The van der Waals surface area contributed by atoms with Crippen molar-refractivity contribution in [2.45, 2.75) is 11.5 Å². The van der Waals surface area contributed by atoms with Crippen molar-refractivity contribution in [3.8, 4) is 0 Å². The standard InChI is InChI=1S/C11H6Cl2N2O3S2/c12-9-7(19-14-10(9)13)5-18-11-6-3-1-2-4-8(6)20(16,17)15-11/h1-4H,5H2. The highest BCUT2D eigenvalue weighted by molar-refractivity contribution is 7.90. The third kappa shape index (κ3) is 2.31. The smallest absolute Gasteiger partial charge is 0.286 e. The predicted molar refractivity (Wildman–Crippen MR) is 77.1 cm³/mol. The first-order chi connectivity index (χ1) is 9.49. The fourth-order valence-electron chi connectivity index (χ4n) is 1.69. The topological polar surface area (TPSA) is 68.6 Å². The van der Waals surface area contributed by atoms with Crippen LogP contribution in [0, 0.1) is 0 Å². The number of ether oxygens (including phenoxy) is 1. The molecule has 9 heteroatoms. The van der Waals surface area contributed by atoms with Gasteiger partial charge >= 0.3 is 0 Å². The van der Waals surface area contributed by atoms with E-state index in [4.69, 9.17) is 27.9 Å². The van der Waals surface area contributed by atoms with Crippen LogP contribution in [0.2, 0.25) is 10.2 Å². The Hall–Kier alpha value is -1.15. The molecule has 0 unspecified atom stereocenters. The molecule has 0 N–H and O–H groups in total. The molecular weight excluding hydrogens is 343 g/mol. The molecule has 20 heavy (non-hydrogen) atoms. The van der Waals surface area contributed by atoms with Gasteiger partial charge in [0.15, 0.2) is 5.15 Å². The fourth-order valence-corrected chi connectivity index (χ4v) is 3.94. The van der Waals surface area contributed by atoms with E-state index in [2.05, 4.69) is 8.77 Å². The number of fused-ring (bicyclic) bond motifs is 1. The van der Waals surface area contributed by atoms with Crippen molar-refractivity contribution in [1.29, 1.82) is 0 Å². The number of rotatable bonds is 2. The van der Waals surface area contributed by atoms with Gasteiger partial charge in [0.1, 0.15) is 11.5 Å². The first-order valence-corrected chi connectivity index (χ1v) is 8.32. The molecule has 3 rings (SSSR count). The second kappa shape index (κ2) is 5.00. The van der Waals surface area contributed by atoms with Crippen molar-refractivity contribution in [1.82, 2.24) is 4.37 Å². The summed E-state index contributed by atoms with van der Waals surface area (Å²) < 4.78 is 36.6. The lowest BCUT2D eigenvalue weighted by Crippen LogP contribution is -2.03. The van der Waals surface area contributed by atoms with Crippen molar-refractivity contribution < 1.29 is 13.2 Å². The molecule has 0 bridgehead atoms. The molecule has 0 atom stereocenters. The lowest BCUT2D eigenvalue weighted by molar-refractivity contribution is 0.298. The first kappa shape index (κ1) is 13.8. The summed E-state index contributed by atoms with van der Waals surface area (Å²) in [4.78, 5) is 0.754. The molecule has 0 amide bonds. The molecule has 0 spiro atoms. The van der Waals surface area contributed by atoms with E-state index in [0.717, 1.165) is 11.5 Å². The van der Waals surface area contributed by atoms with Crippen molar-refractivity contribution in [3.63, 3.8) is 0 Å². The summed E-state index contributed by atoms with van der Waals surface area (Å²) in [6.07, 6.45) is 0. The fraction of sp³-hybridized carbons (Fsp3) is 0.0909. The number of hydrogen-bond donors (Lipinski definition) is 0. The minimum absolute atomic E-state index is 0.0567. The normalized spacial score (nSPS) is 15.8. The summed E-state index contributed by atoms with van der Waals surface area (Å²) in [7, 11) is -3.67. The van der Waals surface area contributed by atoms with Gasteiger partial charge in [0.25, 0.3) is 10.0 Å². The highest BCUT2D eigenvalue weighted by atomic mass is 35.5. The van der Waals surface area contributed by atoms with Crippen molar-refractivity contribution in [3.05, 3.63) is 44.9 Å². The highest BCUT2D eigenvalue weighted by Crippen LogP contribution is 2.31. The largest absolute Gasteiger partial charge is 0.471 e. The van der Waals surface area contributed by atoms with Crippen LogP contribution in [0.1, 0.15) is 10.4 Å². The molecule has 0 radical (unpaired) electrons. The Morgan fingerprint density at radius 3 is 2.70 bits per heavy atom. The molecule has 1 aromatic carbocycles. The van der Waals surface area contributed by atoms with Crippen LogP contribution in [0.3, 0.4) is 0 Å². The van der Waals surface area contributed by atoms with Crippen LogP contribution in [-0.2, 0) is 21.4 Å². The molecule has 5 nitrogen and oxygen atoms in total. The number of benzene rings is 1. The second-order valence-electron chi connectivity index (χ2n) is 3.87. The van der Waals surface area contributed by atoms with Crippen molar-refractivity contribution in [2.75, 3.05) is 0 Å². The maximum absolute atomic E-state index is 11.8. The van der Waals surface area contributed by atoms with E-state index in [0.29, 0.717) is 15.5 Å². The first-order valence-electron chi connectivity index (χ1n) is 5.36. The van der Waals surface area contributed by atoms with Crippen LogP contribution in [-0.4, -0.2) is 18.7 Å². The highest BCUT2D eigenvalue weighted by Gasteiger charge is 2.29. The van der Waals surface area contributed by atoms with Gasteiger partial charge in [-0.3, -0.25) is 0 Å². The van der Waals surface area contributed by atoms with E-state index in [1.165, 1.54) is 6.07 Å². The third-order valence-corrected chi connectivity index (χ3v) is 5.72. The number of halogens is 2. The molecule has 0 saturated carbocycles. The van der Waals surface area contributed by atoms with E-state index in [-0.39, 0.29) is 22.6 Å². The van der Waals surface area contributed by atoms with E-state index >= 15 is 0 Å². The number of sulfonamides is 1. The van der Waals surface area contributed by atoms with Gasteiger partial charge in [-0.2, -0.15) is 12.8 Å².